The van der Waals surface area contributed by atoms with Gasteiger partial charge in [-0.05, 0) is 13.0 Å². The molecular weight excluding hydrogens is 569 g/mol. The van der Waals surface area contributed by atoms with Crippen molar-refractivity contribution in [1.82, 2.24) is 5.32 Å². The number of phenolic OH excluding ortho intramolecular Hbond substituents is 2. The van der Waals surface area contributed by atoms with Crippen LogP contribution >= 0.6 is 0 Å². The predicted octanol–water partition coefficient (Wildman–Crippen LogP) is 2.26. The van der Waals surface area contributed by atoms with E-state index >= 15 is 0 Å². The van der Waals surface area contributed by atoms with E-state index in [9.17, 15) is 48.1 Å². The first kappa shape index (κ1) is 29.3. The number of nitrogens with zero attached hydrogens (tertiary/aromatic N) is 1. The number of methoxy groups -OCH3 is 1. The van der Waals surface area contributed by atoms with Crippen molar-refractivity contribution >= 4 is 23.2 Å². The third-order valence-electron chi connectivity index (χ3n) is 7.62. The standard InChI is InChI=1S/C27H25F3N2O10/c1-9-21(33)13(31-26(38)27(28,29)30)8-16(41-9)42-15-7-10(32-39)6-12-18(15)25(37)20-19(23(12)35)22(34)11-4-3-5-14(40-2)17(11)24(20)36/h3-5,9,13,15-16,21,33,35,37,39H,6-8H2,1-2H3,(H,31,38). The normalized spacial score (nSPS) is 26.3. The van der Waals surface area contributed by atoms with Gasteiger partial charge < -0.3 is 40.1 Å². The first-order chi connectivity index (χ1) is 19.8. The zero-order valence-electron chi connectivity index (χ0n) is 22.1. The monoisotopic (exact) mass is 594 g/mol. The molecule has 1 fully saturated rings. The molecule has 5 atom stereocenters. The summed E-state index contributed by atoms with van der Waals surface area (Å²) < 4.78 is 55.4. The van der Waals surface area contributed by atoms with Crippen molar-refractivity contribution in [2.75, 3.05) is 7.11 Å². The van der Waals surface area contributed by atoms with Crippen LogP contribution in [0.1, 0.15) is 68.8 Å². The zero-order chi connectivity index (χ0) is 30.7. The molecule has 0 aromatic heterocycles. The molecule has 0 radical (unpaired) electrons. The van der Waals surface area contributed by atoms with Crippen LogP contribution in [-0.2, 0) is 20.7 Å². The minimum Gasteiger partial charge on any atom is -0.507 e. The van der Waals surface area contributed by atoms with Gasteiger partial charge in [0.1, 0.15) is 23.4 Å². The molecule has 1 amide bonds. The van der Waals surface area contributed by atoms with E-state index in [4.69, 9.17) is 14.2 Å². The van der Waals surface area contributed by atoms with Gasteiger partial charge in [0.15, 0.2) is 12.1 Å². The number of alkyl halides is 3. The molecule has 3 aliphatic rings. The Morgan fingerprint density at radius 3 is 2.45 bits per heavy atom. The van der Waals surface area contributed by atoms with E-state index in [-0.39, 0.29) is 46.6 Å². The molecule has 5 rings (SSSR count). The van der Waals surface area contributed by atoms with Crippen LogP contribution in [0.4, 0.5) is 13.2 Å². The highest BCUT2D eigenvalue weighted by Crippen LogP contribution is 2.50. The summed E-state index contributed by atoms with van der Waals surface area (Å²) in [6.07, 6.45) is -11.4. The van der Waals surface area contributed by atoms with Crippen molar-refractivity contribution < 1.29 is 62.3 Å². The molecular formula is C27H25F3N2O10. The molecule has 2 aliphatic carbocycles. The number of hydrogen-bond donors (Lipinski definition) is 5. The summed E-state index contributed by atoms with van der Waals surface area (Å²) in [5.74, 6) is -5.13. The lowest BCUT2D eigenvalue weighted by molar-refractivity contribution is -0.244. The van der Waals surface area contributed by atoms with E-state index < -0.39 is 83.3 Å². The maximum atomic E-state index is 13.6. The third kappa shape index (κ3) is 4.72. The van der Waals surface area contributed by atoms with Crippen LogP contribution in [0.5, 0.6) is 17.2 Å². The van der Waals surface area contributed by atoms with Gasteiger partial charge in [-0.15, -0.1) is 0 Å². The Labute approximate surface area is 235 Å². The Hall–Kier alpha value is -4.21. The first-order valence-corrected chi connectivity index (χ1v) is 12.7. The van der Waals surface area contributed by atoms with Gasteiger partial charge >= 0.3 is 12.1 Å². The first-order valence-electron chi connectivity index (χ1n) is 12.7. The number of aliphatic hydroxyl groups is 1. The predicted molar refractivity (Wildman–Crippen MR) is 134 cm³/mol. The van der Waals surface area contributed by atoms with E-state index in [2.05, 4.69) is 5.16 Å². The zero-order valence-corrected chi connectivity index (χ0v) is 22.1. The second-order valence-corrected chi connectivity index (χ2v) is 10.1. The van der Waals surface area contributed by atoms with E-state index in [1.807, 2.05) is 0 Å². The number of benzene rings is 2. The fourth-order valence-electron chi connectivity index (χ4n) is 5.64. The number of fused-ring (bicyclic) bond motifs is 3. The number of oxime groups is 1. The van der Waals surface area contributed by atoms with Gasteiger partial charge in [0.2, 0.25) is 5.78 Å². The summed E-state index contributed by atoms with van der Waals surface area (Å²) in [6, 6.07) is 2.86. The fourth-order valence-corrected chi connectivity index (χ4v) is 5.64. The van der Waals surface area contributed by atoms with E-state index in [1.54, 1.807) is 5.32 Å². The number of ketones is 2. The summed E-state index contributed by atoms with van der Waals surface area (Å²) in [6.45, 7) is 1.34. The molecule has 1 aliphatic heterocycles. The highest BCUT2D eigenvalue weighted by atomic mass is 19.4. The number of hydrogen-bond acceptors (Lipinski definition) is 11. The molecule has 0 saturated carbocycles. The van der Waals surface area contributed by atoms with Gasteiger partial charge in [-0.25, -0.2) is 0 Å². The average Bonchev–Trinajstić information content (AvgIpc) is 2.94. The molecule has 42 heavy (non-hydrogen) atoms. The van der Waals surface area contributed by atoms with Crippen LogP contribution in [0.25, 0.3) is 0 Å². The van der Waals surface area contributed by atoms with Crippen LogP contribution in [0.2, 0.25) is 0 Å². The number of halogens is 3. The largest absolute Gasteiger partial charge is 0.507 e. The lowest BCUT2D eigenvalue weighted by atomic mass is 9.76. The Balaban J connectivity index is 1.56. The maximum absolute atomic E-state index is 13.6. The lowest BCUT2D eigenvalue weighted by Gasteiger charge is -2.40. The van der Waals surface area contributed by atoms with Gasteiger partial charge in [-0.3, -0.25) is 14.4 Å². The van der Waals surface area contributed by atoms with Crippen molar-refractivity contribution in [2.24, 2.45) is 5.16 Å². The van der Waals surface area contributed by atoms with Crippen molar-refractivity contribution in [3.8, 4) is 17.2 Å². The molecule has 1 saturated heterocycles. The number of carbonyl (C=O) groups excluding carboxylic acids is 3. The SMILES string of the molecule is COc1cccc2c1C(=O)c1c(O)c3c(c(O)c1C2=O)CC(=NO)CC3OC1CC(NC(=O)C(F)(F)F)C(O)C(C)O1. The lowest BCUT2D eigenvalue weighted by Crippen LogP contribution is -2.57. The Kier molecular flexibility index (Phi) is 7.37. The van der Waals surface area contributed by atoms with E-state index in [0.29, 0.717) is 0 Å². The molecule has 15 heteroatoms. The van der Waals surface area contributed by atoms with Gasteiger partial charge in [0.25, 0.3) is 0 Å². The molecule has 1 heterocycles. The Morgan fingerprint density at radius 2 is 1.81 bits per heavy atom. The second kappa shape index (κ2) is 10.6. The number of nitrogens with one attached hydrogen (secondary N) is 1. The highest BCUT2D eigenvalue weighted by molar-refractivity contribution is 6.31. The molecule has 2 aromatic rings. The van der Waals surface area contributed by atoms with Crippen molar-refractivity contribution in [1.29, 1.82) is 0 Å². The number of aromatic hydroxyl groups is 2. The van der Waals surface area contributed by atoms with Crippen LogP contribution in [0, 0.1) is 0 Å². The van der Waals surface area contributed by atoms with E-state index in [1.165, 1.54) is 32.2 Å². The van der Waals surface area contributed by atoms with Gasteiger partial charge in [-0.1, -0.05) is 17.3 Å². The molecule has 12 nitrogen and oxygen atoms in total. The fraction of sp³-hybridized carbons (Fsp3) is 0.407. The number of phenols is 2. The maximum Gasteiger partial charge on any atom is 0.471 e. The summed E-state index contributed by atoms with van der Waals surface area (Å²) in [4.78, 5) is 38.6. The molecule has 2 aromatic carbocycles. The van der Waals surface area contributed by atoms with Gasteiger partial charge in [0.05, 0.1) is 47.8 Å². The summed E-state index contributed by atoms with van der Waals surface area (Å²) in [5.41, 5.74) is -1.31. The Morgan fingerprint density at radius 1 is 1.12 bits per heavy atom. The number of aliphatic hydroxyl groups excluding tert-OH is 1. The summed E-state index contributed by atoms with van der Waals surface area (Å²) in [7, 11) is 1.29. The molecule has 0 bridgehead atoms. The number of rotatable bonds is 4. The average molecular weight is 594 g/mol. The quantitative estimate of drug-likeness (QED) is 0.171. The molecule has 5 N–H and O–H groups in total. The topological polar surface area (TPSA) is 184 Å². The molecule has 5 unspecified atom stereocenters. The van der Waals surface area contributed by atoms with Gasteiger partial charge in [0, 0.05) is 36.0 Å². The van der Waals surface area contributed by atoms with Crippen LogP contribution in [0.15, 0.2) is 23.4 Å². The van der Waals surface area contributed by atoms with Crippen molar-refractivity contribution in [3.63, 3.8) is 0 Å². The summed E-state index contributed by atoms with van der Waals surface area (Å²) in [5, 5.41) is 47.5. The summed E-state index contributed by atoms with van der Waals surface area (Å²) >= 11 is 0. The van der Waals surface area contributed by atoms with Crippen LogP contribution < -0.4 is 10.1 Å². The van der Waals surface area contributed by atoms with Crippen LogP contribution in [0.3, 0.4) is 0 Å². The minimum absolute atomic E-state index is 0.0459. The Bertz CT molecular complexity index is 1520. The highest BCUT2D eigenvalue weighted by Gasteiger charge is 2.46. The smallest absolute Gasteiger partial charge is 0.471 e. The minimum atomic E-state index is -5.21. The number of carbonyl (C=O) groups is 3. The van der Waals surface area contributed by atoms with Crippen molar-refractivity contribution in [3.05, 3.63) is 51.6 Å². The molecule has 0 spiro atoms. The molecule has 224 valence electrons. The van der Waals surface area contributed by atoms with Crippen LogP contribution in [-0.4, -0.2) is 81.5 Å². The van der Waals surface area contributed by atoms with Crippen molar-refractivity contribution in [2.45, 2.75) is 63.0 Å². The second-order valence-electron chi connectivity index (χ2n) is 10.1. The number of ether oxygens (including phenoxy) is 3. The number of amides is 1. The van der Waals surface area contributed by atoms with E-state index in [0.717, 1.165) is 0 Å². The third-order valence-corrected chi connectivity index (χ3v) is 7.62. The van der Waals surface area contributed by atoms with Gasteiger partial charge in [-0.2, -0.15) is 13.2 Å².